The van der Waals surface area contributed by atoms with Gasteiger partial charge >= 0.3 is 0 Å². The van der Waals surface area contributed by atoms with Crippen molar-refractivity contribution in [2.75, 3.05) is 19.7 Å². The van der Waals surface area contributed by atoms with E-state index in [4.69, 9.17) is 4.74 Å². The van der Waals surface area contributed by atoms with Gasteiger partial charge in [0.2, 0.25) is 0 Å². The molecule has 0 aliphatic rings. The minimum Gasteiger partial charge on any atom is -0.377 e. The molecule has 0 aromatic carbocycles. The van der Waals surface area contributed by atoms with Crippen LogP contribution in [0, 0.1) is 0 Å². The van der Waals surface area contributed by atoms with E-state index in [1.54, 1.807) is 0 Å². The maximum atomic E-state index is 5.63. The van der Waals surface area contributed by atoms with E-state index in [2.05, 4.69) is 26.1 Å². The van der Waals surface area contributed by atoms with Crippen LogP contribution in [0.2, 0.25) is 0 Å². The summed E-state index contributed by atoms with van der Waals surface area (Å²) in [6.45, 7) is 9.60. The smallest absolute Gasteiger partial charge is 0.0671 e. The lowest BCUT2D eigenvalue weighted by atomic mass is 10.2. The van der Waals surface area contributed by atoms with Crippen molar-refractivity contribution in [3.8, 4) is 0 Å². The van der Waals surface area contributed by atoms with Crippen LogP contribution in [-0.2, 0) is 4.74 Å². The third-order valence-electron chi connectivity index (χ3n) is 2.29. The molecular weight excluding hydrogens is 174 g/mol. The lowest BCUT2D eigenvalue weighted by molar-refractivity contribution is 0.0640. The Morgan fingerprint density at radius 3 is 2.43 bits per heavy atom. The maximum Gasteiger partial charge on any atom is 0.0671 e. The summed E-state index contributed by atoms with van der Waals surface area (Å²) in [6, 6.07) is 0. The molecule has 0 heterocycles. The van der Waals surface area contributed by atoms with Crippen molar-refractivity contribution >= 4 is 0 Å². The van der Waals surface area contributed by atoms with Crippen LogP contribution in [0.4, 0.5) is 0 Å². The van der Waals surface area contributed by atoms with Crippen LogP contribution in [0.1, 0.15) is 52.9 Å². The zero-order valence-electron chi connectivity index (χ0n) is 10.1. The SMILES string of the molecule is CCCCCNCC(C)OCCCC. The predicted molar refractivity (Wildman–Crippen MR) is 62.7 cm³/mol. The number of nitrogens with one attached hydrogen (secondary N) is 1. The number of rotatable bonds is 10. The monoisotopic (exact) mass is 201 g/mol. The van der Waals surface area contributed by atoms with Gasteiger partial charge in [0.1, 0.15) is 0 Å². The Bertz CT molecular complexity index is 106. The average Bonchev–Trinajstić information content (AvgIpc) is 2.18. The summed E-state index contributed by atoms with van der Waals surface area (Å²) in [7, 11) is 0. The first-order valence-electron chi connectivity index (χ1n) is 6.13. The molecule has 0 rings (SSSR count). The molecule has 0 aromatic heterocycles. The first-order chi connectivity index (χ1) is 6.81. The van der Waals surface area contributed by atoms with Gasteiger partial charge in [-0.3, -0.25) is 0 Å². The molecule has 2 nitrogen and oxygen atoms in total. The van der Waals surface area contributed by atoms with Crippen molar-refractivity contribution in [3.63, 3.8) is 0 Å². The number of ether oxygens (including phenoxy) is 1. The largest absolute Gasteiger partial charge is 0.377 e. The fraction of sp³-hybridized carbons (Fsp3) is 1.00. The van der Waals surface area contributed by atoms with E-state index in [0.29, 0.717) is 6.10 Å². The van der Waals surface area contributed by atoms with E-state index in [1.165, 1.54) is 32.1 Å². The number of hydrogen-bond acceptors (Lipinski definition) is 2. The second-order valence-electron chi connectivity index (χ2n) is 3.95. The van der Waals surface area contributed by atoms with E-state index in [1.807, 2.05) is 0 Å². The van der Waals surface area contributed by atoms with E-state index in [-0.39, 0.29) is 0 Å². The van der Waals surface area contributed by atoms with Gasteiger partial charge in [-0.15, -0.1) is 0 Å². The molecular formula is C12H27NO. The Labute approximate surface area is 89.4 Å². The molecule has 1 atom stereocenters. The van der Waals surface area contributed by atoms with Gasteiger partial charge in [0, 0.05) is 13.2 Å². The van der Waals surface area contributed by atoms with Crippen LogP contribution in [0.15, 0.2) is 0 Å². The molecule has 0 amide bonds. The molecule has 1 unspecified atom stereocenters. The second-order valence-corrected chi connectivity index (χ2v) is 3.95. The third kappa shape index (κ3) is 10.0. The third-order valence-corrected chi connectivity index (χ3v) is 2.29. The molecule has 0 aliphatic heterocycles. The summed E-state index contributed by atoms with van der Waals surface area (Å²) in [5, 5.41) is 3.42. The average molecular weight is 201 g/mol. The van der Waals surface area contributed by atoms with Crippen LogP contribution >= 0.6 is 0 Å². The van der Waals surface area contributed by atoms with Crippen LogP contribution in [0.5, 0.6) is 0 Å². The number of unbranched alkanes of at least 4 members (excludes halogenated alkanes) is 3. The van der Waals surface area contributed by atoms with Gasteiger partial charge < -0.3 is 10.1 Å². The Balaban J connectivity index is 3.06. The predicted octanol–water partition coefficient (Wildman–Crippen LogP) is 2.97. The summed E-state index contributed by atoms with van der Waals surface area (Å²) < 4.78 is 5.63. The van der Waals surface area contributed by atoms with Crippen molar-refractivity contribution in [3.05, 3.63) is 0 Å². The Hall–Kier alpha value is -0.0800. The Morgan fingerprint density at radius 1 is 1.07 bits per heavy atom. The van der Waals surface area contributed by atoms with Crippen molar-refractivity contribution < 1.29 is 4.74 Å². The van der Waals surface area contributed by atoms with Crippen LogP contribution < -0.4 is 5.32 Å². The minimum atomic E-state index is 0.364. The maximum absolute atomic E-state index is 5.63. The van der Waals surface area contributed by atoms with Gasteiger partial charge in [-0.1, -0.05) is 33.1 Å². The molecule has 0 radical (unpaired) electrons. The van der Waals surface area contributed by atoms with E-state index >= 15 is 0 Å². The molecule has 2 heteroatoms. The highest BCUT2D eigenvalue weighted by atomic mass is 16.5. The first-order valence-corrected chi connectivity index (χ1v) is 6.13. The highest BCUT2D eigenvalue weighted by Gasteiger charge is 1.99. The van der Waals surface area contributed by atoms with Gasteiger partial charge in [-0.2, -0.15) is 0 Å². The molecule has 0 fully saturated rings. The molecule has 0 saturated carbocycles. The van der Waals surface area contributed by atoms with E-state index in [0.717, 1.165) is 19.7 Å². The molecule has 1 N–H and O–H groups in total. The second kappa shape index (κ2) is 11.0. The molecule has 0 bridgehead atoms. The fourth-order valence-electron chi connectivity index (χ4n) is 1.29. The summed E-state index contributed by atoms with van der Waals surface area (Å²) >= 11 is 0. The molecule has 14 heavy (non-hydrogen) atoms. The van der Waals surface area contributed by atoms with Crippen molar-refractivity contribution in [2.24, 2.45) is 0 Å². The molecule has 0 spiro atoms. The standard InChI is InChI=1S/C12H27NO/c1-4-6-8-9-13-11-12(3)14-10-7-5-2/h12-13H,4-11H2,1-3H3. The van der Waals surface area contributed by atoms with Gasteiger partial charge in [0.05, 0.1) is 6.10 Å². The molecule has 0 saturated heterocycles. The molecule has 0 aromatic rings. The lowest BCUT2D eigenvalue weighted by Gasteiger charge is -2.13. The van der Waals surface area contributed by atoms with Crippen LogP contribution in [0.3, 0.4) is 0 Å². The quantitative estimate of drug-likeness (QED) is 0.549. The summed E-state index contributed by atoms with van der Waals surface area (Å²) in [4.78, 5) is 0. The van der Waals surface area contributed by atoms with Gasteiger partial charge in [-0.25, -0.2) is 0 Å². The van der Waals surface area contributed by atoms with Gasteiger partial charge in [0.25, 0.3) is 0 Å². The Morgan fingerprint density at radius 2 is 1.79 bits per heavy atom. The highest BCUT2D eigenvalue weighted by Crippen LogP contribution is 1.95. The van der Waals surface area contributed by atoms with E-state index < -0.39 is 0 Å². The topological polar surface area (TPSA) is 21.3 Å². The summed E-state index contributed by atoms with van der Waals surface area (Å²) in [5.74, 6) is 0. The first kappa shape index (κ1) is 13.9. The Kier molecular flexibility index (Phi) is 10.9. The number of hydrogen-bond donors (Lipinski definition) is 1. The lowest BCUT2D eigenvalue weighted by Crippen LogP contribution is -2.27. The zero-order chi connectivity index (χ0) is 10.6. The highest BCUT2D eigenvalue weighted by molar-refractivity contribution is 4.55. The van der Waals surface area contributed by atoms with Gasteiger partial charge in [0.15, 0.2) is 0 Å². The normalized spacial score (nSPS) is 13.1. The van der Waals surface area contributed by atoms with Crippen LogP contribution in [0.25, 0.3) is 0 Å². The molecule has 0 aliphatic carbocycles. The van der Waals surface area contributed by atoms with Crippen molar-refractivity contribution in [2.45, 2.75) is 59.0 Å². The summed E-state index contributed by atoms with van der Waals surface area (Å²) in [5.41, 5.74) is 0. The minimum absolute atomic E-state index is 0.364. The fourth-order valence-corrected chi connectivity index (χ4v) is 1.29. The summed E-state index contributed by atoms with van der Waals surface area (Å²) in [6.07, 6.45) is 6.68. The zero-order valence-corrected chi connectivity index (χ0v) is 10.1. The van der Waals surface area contributed by atoms with Gasteiger partial charge in [-0.05, 0) is 26.3 Å². The van der Waals surface area contributed by atoms with Crippen LogP contribution in [-0.4, -0.2) is 25.8 Å². The van der Waals surface area contributed by atoms with E-state index in [9.17, 15) is 0 Å². The molecule has 86 valence electrons. The van der Waals surface area contributed by atoms with Crippen molar-refractivity contribution in [1.82, 2.24) is 5.32 Å². The van der Waals surface area contributed by atoms with Crippen molar-refractivity contribution in [1.29, 1.82) is 0 Å².